The molecule has 0 aromatic heterocycles. The molecule has 3 aromatic carbocycles. The highest BCUT2D eigenvalue weighted by molar-refractivity contribution is 5.89. The maximum atomic E-state index is 13.8. The molecule has 178 valence electrons. The Morgan fingerprint density at radius 3 is 1.97 bits per heavy atom. The SMILES string of the molecule is Cc1ccc(CN(C(=O)Cc2cc(C)cc(C)c2)C(Cc2ccccc2)C(=O)NC(C)C)cc1. The van der Waals surface area contributed by atoms with E-state index in [4.69, 9.17) is 0 Å². The van der Waals surface area contributed by atoms with Gasteiger partial charge in [0.25, 0.3) is 0 Å². The summed E-state index contributed by atoms with van der Waals surface area (Å²) in [6.07, 6.45) is 0.721. The number of nitrogens with one attached hydrogen (secondary N) is 1. The summed E-state index contributed by atoms with van der Waals surface area (Å²) in [4.78, 5) is 28.9. The number of hydrogen-bond acceptors (Lipinski definition) is 2. The highest BCUT2D eigenvalue weighted by Gasteiger charge is 2.30. The number of amides is 2. The fourth-order valence-electron chi connectivity index (χ4n) is 4.27. The lowest BCUT2D eigenvalue weighted by Crippen LogP contribution is -2.52. The van der Waals surface area contributed by atoms with Crippen molar-refractivity contribution in [2.75, 3.05) is 0 Å². The van der Waals surface area contributed by atoms with Crippen molar-refractivity contribution in [3.63, 3.8) is 0 Å². The Kier molecular flexibility index (Phi) is 8.64. The fourth-order valence-corrected chi connectivity index (χ4v) is 4.27. The third-order valence-corrected chi connectivity index (χ3v) is 5.81. The number of hydrogen-bond donors (Lipinski definition) is 1. The van der Waals surface area contributed by atoms with Crippen LogP contribution in [-0.4, -0.2) is 28.8 Å². The summed E-state index contributed by atoms with van der Waals surface area (Å²) in [7, 11) is 0. The Morgan fingerprint density at radius 2 is 1.38 bits per heavy atom. The molecule has 3 aromatic rings. The molecule has 0 saturated carbocycles. The van der Waals surface area contributed by atoms with E-state index in [1.54, 1.807) is 4.90 Å². The minimum absolute atomic E-state index is 0.0125. The topological polar surface area (TPSA) is 49.4 Å². The van der Waals surface area contributed by atoms with E-state index in [0.29, 0.717) is 13.0 Å². The van der Waals surface area contributed by atoms with Gasteiger partial charge >= 0.3 is 0 Å². The number of benzene rings is 3. The molecule has 0 aliphatic heterocycles. The van der Waals surface area contributed by atoms with Crippen molar-refractivity contribution in [1.82, 2.24) is 10.2 Å². The average molecular weight is 457 g/mol. The van der Waals surface area contributed by atoms with Gasteiger partial charge in [0.05, 0.1) is 6.42 Å². The molecular formula is C30H36N2O2. The largest absolute Gasteiger partial charge is 0.352 e. The summed E-state index contributed by atoms with van der Waals surface area (Å²) in [5.74, 6) is -0.176. The molecule has 0 saturated heterocycles. The molecule has 4 heteroatoms. The fraction of sp³-hybridized carbons (Fsp3) is 0.333. The first kappa shape index (κ1) is 25.2. The predicted octanol–water partition coefficient (Wildman–Crippen LogP) is 5.32. The van der Waals surface area contributed by atoms with E-state index >= 15 is 0 Å². The summed E-state index contributed by atoms with van der Waals surface area (Å²) in [6, 6.07) is 23.7. The molecule has 0 spiro atoms. The molecule has 2 amide bonds. The van der Waals surface area contributed by atoms with Crippen molar-refractivity contribution < 1.29 is 9.59 Å². The zero-order valence-corrected chi connectivity index (χ0v) is 21.0. The lowest BCUT2D eigenvalue weighted by Gasteiger charge is -2.32. The molecule has 3 rings (SSSR count). The number of nitrogens with zero attached hydrogens (tertiary/aromatic N) is 1. The number of aryl methyl sites for hydroxylation is 3. The quantitative estimate of drug-likeness (QED) is 0.474. The second-order valence-corrected chi connectivity index (χ2v) is 9.55. The molecule has 0 bridgehead atoms. The van der Waals surface area contributed by atoms with Gasteiger partial charge in [0.1, 0.15) is 6.04 Å². The van der Waals surface area contributed by atoms with Crippen LogP contribution in [0.1, 0.15) is 47.2 Å². The number of rotatable bonds is 9. The van der Waals surface area contributed by atoms with Crippen molar-refractivity contribution in [3.8, 4) is 0 Å². The zero-order valence-electron chi connectivity index (χ0n) is 21.0. The van der Waals surface area contributed by atoms with E-state index in [1.165, 1.54) is 0 Å². The average Bonchev–Trinajstić information content (AvgIpc) is 2.77. The molecule has 1 N–H and O–H groups in total. The van der Waals surface area contributed by atoms with Crippen molar-refractivity contribution >= 4 is 11.8 Å². The molecule has 1 atom stereocenters. The highest BCUT2D eigenvalue weighted by atomic mass is 16.2. The minimum atomic E-state index is -0.607. The predicted molar refractivity (Wildman–Crippen MR) is 139 cm³/mol. The third kappa shape index (κ3) is 7.31. The maximum Gasteiger partial charge on any atom is 0.243 e. The number of carbonyl (C=O) groups excluding carboxylic acids is 2. The summed E-state index contributed by atoms with van der Waals surface area (Å²) < 4.78 is 0. The molecule has 0 fully saturated rings. The van der Waals surface area contributed by atoms with Gasteiger partial charge in [-0.1, -0.05) is 89.5 Å². The smallest absolute Gasteiger partial charge is 0.243 e. The molecule has 0 radical (unpaired) electrons. The summed E-state index contributed by atoms with van der Waals surface area (Å²) in [6.45, 7) is 10.4. The zero-order chi connectivity index (χ0) is 24.7. The van der Waals surface area contributed by atoms with Crippen LogP contribution in [0.5, 0.6) is 0 Å². The summed E-state index contributed by atoms with van der Waals surface area (Å²) in [5, 5.41) is 3.04. The first-order valence-corrected chi connectivity index (χ1v) is 12.0. The van der Waals surface area contributed by atoms with Crippen LogP contribution in [-0.2, 0) is 29.0 Å². The van der Waals surface area contributed by atoms with Gasteiger partial charge in [-0.05, 0) is 51.3 Å². The van der Waals surface area contributed by atoms with Crippen LogP contribution < -0.4 is 5.32 Å². The van der Waals surface area contributed by atoms with Crippen LogP contribution in [0.2, 0.25) is 0 Å². The van der Waals surface area contributed by atoms with Crippen LogP contribution in [0.3, 0.4) is 0 Å². The van der Waals surface area contributed by atoms with Crippen LogP contribution in [0.15, 0.2) is 72.8 Å². The van der Waals surface area contributed by atoms with Crippen molar-refractivity contribution in [1.29, 1.82) is 0 Å². The van der Waals surface area contributed by atoms with Gasteiger partial charge < -0.3 is 10.2 Å². The second kappa shape index (κ2) is 11.6. The summed E-state index contributed by atoms with van der Waals surface area (Å²) >= 11 is 0. The van der Waals surface area contributed by atoms with Gasteiger partial charge in [0, 0.05) is 19.0 Å². The van der Waals surface area contributed by atoms with Gasteiger partial charge in [0.15, 0.2) is 0 Å². The third-order valence-electron chi connectivity index (χ3n) is 5.81. The van der Waals surface area contributed by atoms with Gasteiger partial charge in [-0.2, -0.15) is 0 Å². The van der Waals surface area contributed by atoms with Gasteiger partial charge in [-0.3, -0.25) is 9.59 Å². The molecule has 0 aliphatic rings. The Balaban J connectivity index is 1.98. The van der Waals surface area contributed by atoms with Gasteiger partial charge in [-0.15, -0.1) is 0 Å². The standard InChI is InChI=1S/C30H36N2O2/c1-21(2)31-30(34)28(18-25-9-7-6-8-10-25)32(20-26-13-11-22(3)12-14-26)29(33)19-27-16-23(4)15-24(5)17-27/h6-17,21,28H,18-20H2,1-5H3,(H,31,34). The van der Waals surface area contributed by atoms with E-state index in [2.05, 4.69) is 23.5 Å². The van der Waals surface area contributed by atoms with E-state index < -0.39 is 6.04 Å². The molecule has 1 unspecified atom stereocenters. The monoisotopic (exact) mass is 456 g/mol. The molecule has 0 heterocycles. The second-order valence-electron chi connectivity index (χ2n) is 9.55. The minimum Gasteiger partial charge on any atom is -0.352 e. The molecular weight excluding hydrogens is 420 g/mol. The first-order chi connectivity index (χ1) is 16.2. The van der Waals surface area contributed by atoms with Crippen molar-refractivity contribution in [3.05, 3.63) is 106 Å². The Hall–Kier alpha value is -3.40. The van der Waals surface area contributed by atoms with E-state index in [1.807, 2.05) is 89.2 Å². The van der Waals surface area contributed by atoms with Crippen LogP contribution in [0, 0.1) is 20.8 Å². The lowest BCUT2D eigenvalue weighted by molar-refractivity contribution is -0.141. The van der Waals surface area contributed by atoms with Crippen molar-refractivity contribution in [2.24, 2.45) is 0 Å². The summed E-state index contributed by atoms with van der Waals surface area (Å²) in [5.41, 5.74) is 6.43. The van der Waals surface area contributed by atoms with Crippen LogP contribution in [0.4, 0.5) is 0 Å². The van der Waals surface area contributed by atoms with Crippen LogP contribution in [0.25, 0.3) is 0 Å². The van der Waals surface area contributed by atoms with Crippen molar-refractivity contribution in [2.45, 2.75) is 66.1 Å². The molecule has 4 nitrogen and oxygen atoms in total. The van der Waals surface area contributed by atoms with E-state index in [0.717, 1.165) is 33.4 Å². The van der Waals surface area contributed by atoms with E-state index in [9.17, 15) is 9.59 Å². The molecule has 0 aliphatic carbocycles. The highest BCUT2D eigenvalue weighted by Crippen LogP contribution is 2.18. The first-order valence-electron chi connectivity index (χ1n) is 12.0. The van der Waals surface area contributed by atoms with E-state index in [-0.39, 0.29) is 24.3 Å². The Bertz CT molecular complexity index is 1080. The van der Waals surface area contributed by atoms with Gasteiger partial charge in [-0.25, -0.2) is 0 Å². The molecule has 34 heavy (non-hydrogen) atoms. The normalized spacial score (nSPS) is 11.8. The lowest BCUT2D eigenvalue weighted by atomic mass is 10.00. The Morgan fingerprint density at radius 1 is 0.765 bits per heavy atom. The maximum absolute atomic E-state index is 13.8. The Labute approximate surface area is 204 Å². The van der Waals surface area contributed by atoms with Gasteiger partial charge in [0.2, 0.25) is 11.8 Å². The van der Waals surface area contributed by atoms with Crippen LogP contribution >= 0.6 is 0 Å². The number of carbonyl (C=O) groups is 2.